The fraction of sp³-hybridized carbons (Fsp3) is 0.647. The molecule has 3 heteroatoms. The molecule has 0 spiro atoms. The van der Waals surface area contributed by atoms with Gasteiger partial charge in [-0.15, -0.1) is 0 Å². The lowest BCUT2D eigenvalue weighted by molar-refractivity contribution is 0.285. The van der Waals surface area contributed by atoms with Crippen molar-refractivity contribution in [2.45, 2.75) is 46.6 Å². The van der Waals surface area contributed by atoms with Gasteiger partial charge >= 0.3 is 0 Å². The lowest BCUT2D eigenvalue weighted by Gasteiger charge is -2.46. The van der Waals surface area contributed by atoms with Gasteiger partial charge in [-0.2, -0.15) is 0 Å². The average Bonchev–Trinajstić information content (AvgIpc) is 2.38. The molecule has 1 unspecified atom stereocenters. The Bertz CT molecular complexity index is 484. The molecule has 0 aromatic heterocycles. The van der Waals surface area contributed by atoms with E-state index < -0.39 is 0 Å². The fourth-order valence-corrected chi connectivity index (χ4v) is 2.78. The number of anilines is 2. The molecular formula is C17H28N2O. The topological polar surface area (TPSA) is 35.5 Å². The molecule has 20 heavy (non-hydrogen) atoms. The molecule has 0 saturated carbocycles. The highest BCUT2D eigenvalue weighted by Gasteiger charge is 2.35. The van der Waals surface area contributed by atoms with Crippen molar-refractivity contribution in [3.63, 3.8) is 0 Å². The van der Waals surface area contributed by atoms with Crippen LogP contribution in [0.25, 0.3) is 0 Å². The Hall–Kier alpha value is -1.22. The van der Waals surface area contributed by atoms with E-state index in [0.717, 1.165) is 19.5 Å². The predicted molar refractivity (Wildman–Crippen MR) is 86.7 cm³/mol. The predicted octanol–water partition coefficient (Wildman–Crippen LogP) is 3.33. The molecule has 0 radical (unpaired) electrons. The number of hydrogen-bond donors (Lipinski definition) is 2. The van der Waals surface area contributed by atoms with Gasteiger partial charge in [0.2, 0.25) is 0 Å². The van der Waals surface area contributed by atoms with Crippen LogP contribution in [0.1, 0.15) is 38.3 Å². The van der Waals surface area contributed by atoms with Crippen LogP contribution in [0.15, 0.2) is 12.1 Å². The third-order valence-corrected chi connectivity index (χ3v) is 4.75. The van der Waals surface area contributed by atoms with Crippen LogP contribution in [-0.2, 0) is 0 Å². The molecule has 3 nitrogen and oxygen atoms in total. The standard InChI is InChI=1S/C17H28N2O/c1-12(2)17(5)11-19(7-6-8-20)16-10-14(4)13(3)9-15(16)18-17/h9-10,12,18,20H,6-8,11H2,1-5H3. The normalized spacial score (nSPS) is 21.9. The summed E-state index contributed by atoms with van der Waals surface area (Å²) in [7, 11) is 0. The molecule has 0 fully saturated rings. The summed E-state index contributed by atoms with van der Waals surface area (Å²) in [5.74, 6) is 0.550. The highest BCUT2D eigenvalue weighted by molar-refractivity contribution is 5.75. The zero-order valence-corrected chi connectivity index (χ0v) is 13.5. The molecule has 2 N–H and O–H groups in total. The van der Waals surface area contributed by atoms with Gasteiger partial charge in [0.05, 0.1) is 16.9 Å². The third kappa shape index (κ3) is 2.78. The highest BCUT2D eigenvalue weighted by Crippen LogP contribution is 2.39. The maximum atomic E-state index is 9.14. The minimum absolute atomic E-state index is 0.0736. The van der Waals surface area contributed by atoms with Crippen molar-refractivity contribution >= 4 is 11.4 Å². The Morgan fingerprint density at radius 1 is 1.30 bits per heavy atom. The second-order valence-electron chi connectivity index (χ2n) is 6.65. The number of aliphatic hydroxyl groups excluding tert-OH is 1. The minimum Gasteiger partial charge on any atom is -0.396 e. The van der Waals surface area contributed by atoms with E-state index in [9.17, 15) is 0 Å². The van der Waals surface area contributed by atoms with Gasteiger partial charge in [-0.3, -0.25) is 0 Å². The van der Waals surface area contributed by atoms with Gasteiger partial charge in [-0.05, 0) is 56.4 Å². The van der Waals surface area contributed by atoms with E-state index >= 15 is 0 Å². The molecule has 1 aliphatic rings. The van der Waals surface area contributed by atoms with Crippen LogP contribution in [0.2, 0.25) is 0 Å². The zero-order chi connectivity index (χ0) is 14.9. The Morgan fingerprint density at radius 3 is 2.55 bits per heavy atom. The molecule has 2 rings (SSSR count). The first kappa shape index (κ1) is 15.2. The van der Waals surface area contributed by atoms with Crippen LogP contribution in [-0.4, -0.2) is 30.3 Å². The SMILES string of the molecule is Cc1cc2c(cc1C)N(CCCO)CC(C)(C(C)C)N2. The van der Waals surface area contributed by atoms with E-state index in [2.05, 4.69) is 57.0 Å². The second-order valence-corrected chi connectivity index (χ2v) is 6.65. The van der Waals surface area contributed by atoms with E-state index in [4.69, 9.17) is 5.11 Å². The Kier molecular flexibility index (Phi) is 4.28. The first-order valence-electron chi connectivity index (χ1n) is 7.62. The lowest BCUT2D eigenvalue weighted by Crippen LogP contribution is -2.54. The number of nitrogens with zero attached hydrogens (tertiary/aromatic N) is 1. The van der Waals surface area contributed by atoms with Crippen LogP contribution in [0, 0.1) is 19.8 Å². The van der Waals surface area contributed by atoms with Crippen molar-refractivity contribution < 1.29 is 5.11 Å². The van der Waals surface area contributed by atoms with E-state index in [1.54, 1.807) is 0 Å². The van der Waals surface area contributed by atoms with Crippen molar-refractivity contribution in [3.05, 3.63) is 23.3 Å². The van der Waals surface area contributed by atoms with Gasteiger partial charge in [0.15, 0.2) is 0 Å². The molecule has 1 aromatic rings. The number of benzene rings is 1. The number of rotatable bonds is 4. The Labute approximate surface area is 123 Å². The van der Waals surface area contributed by atoms with E-state index in [0.29, 0.717) is 5.92 Å². The number of fused-ring (bicyclic) bond motifs is 1. The molecule has 1 heterocycles. The fourth-order valence-electron chi connectivity index (χ4n) is 2.78. The zero-order valence-electron chi connectivity index (χ0n) is 13.5. The largest absolute Gasteiger partial charge is 0.396 e. The monoisotopic (exact) mass is 276 g/mol. The van der Waals surface area contributed by atoms with E-state index in [1.165, 1.54) is 22.5 Å². The van der Waals surface area contributed by atoms with Crippen LogP contribution < -0.4 is 10.2 Å². The highest BCUT2D eigenvalue weighted by atomic mass is 16.3. The van der Waals surface area contributed by atoms with Crippen LogP contribution >= 0.6 is 0 Å². The Morgan fingerprint density at radius 2 is 1.95 bits per heavy atom. The lowest BCUT2D eigenvalue weighted by atomic mass is 9.85. The number of aliphatic hydroxyl groups is 1. The van der Waals surface area contributed by atoms with Gasteiger partial charge < -0.3 is 15.3 Å². The smallest absolute Gasteiger partial charge is 0.0605 e. The molecule has 0 amide bonds. The first-order chi connectivity index (χ1) is 9.37. The number of nitrogens with one attached hydrogen (secondary N) is 1. The number of hydrogen-bond acceptors (Lipinski definition) is 3. The van der Waals surface area contributed by atoms with Crippen LogP contribution in [0.3, 0.4) is 0 Å². The van der Waals surface area contributed by atoms with Crippen molar-refractivity contribution in [1.82, 2.24) is 0 Å². The Balaban J connectivity index is 2.41. The first-order valence-corrected chi connectivity index (χ1v) is 7.62. The summed E-state index contributed by atoms with van der Waals surface area (Å²) in [6.45, 7) is 13.3. The van der Waals surface area contributed by atoms with Gasteiger partial charge in [0.1, 0.15) is 0 Å². The summed E-state index contributed by atoms with van der Waals surface area (Å²) in [6, 6.07) is 4.53. The molecule has 0 saturated heterocycles. The quantitative estimate of drug-likeness (QED) is 0.885. The summed E-state index contributed by atoms with van der Waals surface area (Å²) in [5, 5.41) is 12.9. The van der Waals surface area contributed by atoms with Gasteiger partial charge in [0.25, 0.3) is 0 Å². The maximum absolute atomic E-state index is 9.14. The van der Waals surface area contributed by atoms with Gasteiger partial charge in [0, 0.05) is 19.7 Å². The minimum atomic E-state index is 0.0736. The second kappa shape index (κ2) is 5.65. The molecular weight excluding hydrogens is 248 g/mol. The van der Waals surface area contributed by atoms with Gasteiger partial charge in [-0.1, -0.05) is 13.8 Å². The van der Waals surface area contributed by atoms with Crippen molar-refractivity contribution in [2.24, 2.45) is 5.92 Å². The molecule has 0 aliphatic carbocycles. The summed E-state index contributed by atoms with van der Waals surface area (Å²) in [6.07, 6.45) is 0.820. The van der Waals surface area contributed by atoms with Crippen LogP contribution in [0.5, 0.6) is 0 Å². The summed E-state index contributed by atoms with van der Waals surface area (Å²) < 4.78 is 0. The molecule has 0 bridgehead atoms. The summed E-state index contributed by atoms with van der Waals surface area (Å²) >= 11 is 0. The van der Waals surface area contributed by atoms with Gasteiger partial charge in [-0.25, -0.2) is 0 Å². The summed E-state index contributed by atoms with van der Waals surface area (Å²) in [4.78, 5) is 2.43. The van der Waals surface area contributed by atoms with Crippen LogP contribution in [0.4, 0.5) is 11.4 Å². The van der Waals surface area contributed by atoms with Crippen molar-refractivity contribution in [2.75, 3.05) is 29.9 Å². The van der Waals surface area contributed by atoms with Crippen molar-refractivity contribution in [3.8, 4) is 0 Å². The van der Waals surface area contributed by atoms with E-state index in [1.807, 2.05) is 0 Å². The average molecular weight is 276 g/mol. The molecule has 1 aliphatic heterocycles. The van der Waals surface area contributed by atoms with Crippen molar-refractivity contribution in [1.29, 1.82) is 0 Å². The maximum Gasteiger partial charge on any atom is 0.0605 e. The summed E-state index contributed by atoms with van der Waals surface area (Å²) in [5.41, 5.74) is 5.23. The molecule has 112 valence electrons. The molecule has 1 atom stereocenters. The third-order valence-electron chi connectivity index (χ3n) is 4.75. The van der Waals surface area contributed by atoms with E-state index in [-0.39, 0.29) is 12.1 Å². The number of aryl methyl sites for hydroxylation is 2. The molecule has 1 aromatic carbocycles.